The third-order valence-corrected chi connectivity index (χ3v) is 2.27. The van der Waals surface area contributed by atoms with Gasteiger partial charge >= 0.3 is 0 Å². The number of aliphatic hydroxyl groups is 1. The maximum atomic E-state index is 11.5. The smallest absolute Gasteiger partial charge is 0.246 e. The van der Waals surface area contributed by atoms with Gasteiger partial charge in [-0.2, -0.15) is 0 Å². The van der Waals surface area contributed by atoms with Gasteiger partial charge in [0.15, 0.2) is 0 Å². The average Bonchev–Trinajstić information content (AvgIpc) is 2.30. The van der Waals surface area contributed by atoms with Crippen LogP contribution in [0.2, 0.25) is 0 Å². The van der Waals surface area contributed by atoms with Crippen LogP contribution in [0.15, 0.2) is 24.3 Å². The average molecular weight is 273 g/mol. The minimum absolute atomic E-state index is 0. The number of amides is 1. The van der Waals surface area contributed by atoms with Crippen LogP contribution >= 0.6 is 12.4 Å². The molecule has 0 atom stereocenters. The Morgan fingerprint density at radius 2 is 2.17 bits per heavy atom. The Morgan fingerprint density at radius 1 is 1.50 bits per heavy atom. The van der Waals surface area contributed by atoms with Crippen LogP contribution in [-0.4, -0.2) is 41.2 Å². The lowest BCUT2D eigenvalue weighted by molar-refractivity contribution is -0.125. The van der Waals surface area contributed by atoms with Crippen molar-refractivity contribution in [2.75, 3.05) is 25.9 Å². The number of hydrogen-bond donors (Lipinski definition) is 3. The van der Waals surface area contributed by atoms with Gasteiger partial charge in [-0.25, -0.2) is 0 Å². The zero-order chi connectivity index (χ0) is 12.8. The number of phenols is 1. The highest BCUT2D eigenvalue weighted by Crippen LogP contribution is 2.20. The summed E-state index contributed by atoms with van der Waals surface area (Å²) in [6.07, 6.45) is 2.81. The molecular formula is C12H17ClN2O3. The molecule has 0 saturated carbocycles. The first-order valence-electron chi connectivity index (χ1n) is 5.17. The lowest BCUT2D eigenvalue weighted by Crippen LogP contribution is -2.27. The molecule has 0 aliphatic rings. The number of nitrogens with two attached hydrogens (primary N) is 1. The number of rotatable bonds is 4. The molecule has 0 fully saturated rings. The zero-order valence-corrected chi connectivity index (χ0v) is 10.9. The van der Waals surface area contributed by atoms with Crippen LogP contribution < -0.4 is 5.73 Å². The van der Waals surface area contributed by atoms with Crippen molar-refractivity contribution in [3.63, 3.8) is 0 Å². The molecule has 1 rings (SSSR count). The molecule has 4 N–H and O–H groups in total. The Bertz CT molecular complexity index is 435. The topological polar surface area (TPSA) is 86.8 Å². The number of benzene rings is 1. The van der Waals surface area contributed by atoms with Gasteiger partial charge in [0.25, 0.3) is 0 Å². The van der Waals surface area contributed by atoms with Gasteiger partial charge in [0.1, 0.15) is 5.75 Å². The Labute approximate surface area is 112 Å². The largest absolute Gasteiger partial charge is 0.507 e. The maximum absolute atomic E-state index is 11.5. The summed E-state index contributed by atoms with van der Waals surface area (Å²) in [5.41, 5.74) is 6.56. The van der Waals surface area contributed by atoms with Crippen molar-refractivity contribution in [1.82, 2.24) is 4.90 Å². The predicted octanol–water partition coefficient (Wildman–Crippen LogP) is 0.860. The lowest BCUT2D eigenvalue weighted by Gasteiger charge is -2.12. The second-order valence-electron chi connectivity index (χ2n) is 3.63. The fourth-order valence-corrected chi connectivity index (χ4v) is 1.25. The van der Waals surface area contributed by atoms with E-state index < -0.39 is 0 Å². The van der Waals surface area contributed by atoms with Gasteiger partial charge in [0.05, 0.1) is 6.61 Å². The number of phenolic OH excluding ortho intramolecular Hbond substituents is 1. The molecular weight excluding hydrogens is 256 g/mol. The molecule has 0 heterocycles. The molecule has 1 aromatic rings. The van der Waals surface area contributed by atoms with Crippen molar-refractivity contribution >= 4 is 30.1 Å². The molecule has 0 spiro atoms. The second kappa shape index (κ2) is 7.58. The van der Waals surface area contributed by atoms with E-state index in [0.29, 0.717) is 11.3 Å². The van der Waals surface area contributed by atoms with Crippen LogP contribution in [0.25, 0.3) is 6.08 Å². The molecule has 6 heteroatoms. The van der Waals surface area contributed by atoms with Gasteiger partial charge in [-0.05, 0) is 24.3 Å². The molecule has 18 heavy (non-hydrogen) atoms. The standard InChI is InChI=1S/C12H16N2O3.ClH/c1-14(6-7-15)12(17)5-2-9-8-10(13)3-4-11(9)16;/h2-5,8,15-16H,6-7,13H2,1H3;1H/b5-2+;. The summed E-state index contributed by atoms with van der Waals surface area (Å²) >= 11 is 0. The molecule has 0 saturated heterocycles. The second-order valence-corrected chi connectivity index (χ2v) is 3.63. The minimum atomic E-state index is -0.249. The highest BCUT2D eigenvalue weighted by molar-refractivity contribution is 5.92. The Morgan fingerprint density at radius 3 is 2.78 bits per heavy atom. The van der Waals surface area contributed by atoms with Crippen molar-refractivity contribution in [2.24, 2.45) is 0 Å². The molecule has 0 aromatic heterocycles. The fraction of sp³-hybridized carbons (Fsp3) is 0.250. The first-order valence-corrected chi connectivity index (χ1v) is 5.17. The molecule has 0 bridgehead atoms. The summed E-state index contributed by atoms with van der Waals surface area (Å²) in [7, 11) is 1.59. The normalized spacial score (nSPS) is 10.1. The van der Waals surface area contributed by atoms with Gasteiger partial charge in [-0.3, -0.25) is 4.79 Å². The van der Waals surface area contributed by atoms with E-state index in [1.54, 1.807) is 19.2 Å². The van der Waals surface area contributed by atoms with E-state index in [-0.39, 0.29) is 37.2 Å². The van der Waals surface area contributed by atoms with E-state index in [9.17, 15) is 9.90 Å². The van der Waals surface area contributed by atoms with E-state index in [1.807, 2.05) is 0 Å². The third kappa shape index (κ3) is 4.65. The first-order chi connectivity index (χ1) is 8.04. The summed E-state index contributed by atoms with van der Waals surface area (Å²) in [5.74, 6) is -0.186. The van der Waals surface area contributed by atoms with Crippen LogP contribution in [0.1, 0.15) is 5.56 Å². The van der Waals surface area contributed by atoms with Crippen LogP contribution in [0.4, 0.5) is 5.69 Å². The first kappa shape index (κ1) is 16.3. The maximum Gasteiger partial charge on any atom is 0.246 e. The summed E-state index contributed by atoms with van der Waals surface area (Å²) in [6.45, 7) is 0.186. The third-order valence-electron chi connectivity index (χ3n) is 2.27. The molecule has 5 nitrogen and oxygen atoms in total. The predicted molar refractivity (Wildman–Crippen MR) is 73.5 cm³/mol. The number of aromatic hydroxyl groups is 1. The molecule has 100 valence electrons. The highest BCUT2D eigenvalue weighted by Gasteiger charge is 2.04. The summed E-state index contributed by atoms with van der Waals surface area (Å²) in [4.78, 5) is 12.9. The van der Waals surface area contributed by atoms with E-state index in [4.69, 9.17) is 10.8 Å². The van der Waals surface area contributed by atoms with Crippen LogP contribution in [-0.2, 0) is 4.79 Å². The van der Waals surface area contributed by atoms with Gasteiger partial charge in [-0.15, -0.1) is 12.4 Å². The number of nitrogens with zero attached hydrogens (tertiary/aromatic N) is 1. The van der Waals surface area contributed by atoms with Crippen molar-refractivity contribution in [2.45, 2.75) is 0 Å². The summed E-state index contributed by atoms with van der Waals surface area (Å²) < 4.78 is 0. The van der Waals surface area contributed by atoms with E-state index >= 15 is 0 Å². The quantitative estimate of drug-likeness (QED) is 0.431. The van der Waals surface area contributed by atoms with E-state index in [0.717, 1.165) is 0 Å². The van der Waals surface area contributed by atoms with Gasteiger partial charge < -0.3 is 20.8 Å². The molecule has 1 amide bonds. The fourth-order valence-electron chi connectivity index (χ4n) is 1.25. The molecule has 0 radical (unpaired) electrons. The van der Waals surface area contributed by atoms with Gasteiger partial charge in [0, 0.05) is 30.9 Å². The van der Waals surface area contributed by atoms with Crippen LogP contribution in [0.5, 0.6) is 5.75 Å². The number of nitrogen functional groups attached to an aromatic ring is 1. The summed E-state index contributed by atoms with van der Waals surface area (Å²) in [6, 6.07) is 4.62. The number of aliphatic hydroxyl groups excluding tert-OH is 1. The molecule has 1 aromatic carbocycles. The monoisotopic (exact) mass is 272 g/mol. The number of anilines is 1. The number of carbonyl (C=O) groups excluding carboxylic acids is 1. The van der Waals surface area contributed by atoms with Crippen molar-refractivity contribution in [3.8, 4) is 5.75 Å². The zero-order valence-electron chi connectivity index (χ0n) is 10.0. The van der Waals surface area contributed by atoms with E-state index in [1.165, 1.54) is 23.1 Å². The number of halogens is 1. The van der Waals surface area contributed by atoms with Crippen LogP contribution in [0.3, 0.4) is 0 Å². The number of hydrogen-bond acceptors (Lipinski definition) is 4. The Kier molecular flexibility index (Phi) is 6.85. The SMILES string of the molecule is CN(CCO)C(=O)/C=C/c1cc(N)ccc1O.Cl. The van der Waals surface area contributed by atoms with Crippen molar-refractivity contribution in [1.29, 1.82) is 0 Å². The lowest BCUT2D eigenvalue weighted by atomic mass is 10.1. The van der Waals surface area contributed by atoms with Crippen molar-refractivity contribution < 1.29 is 15.0 Å². The highest BCUT2D eigenvalue weighted by atomic mass is 35.5. The Hall–Kier alpha value is -1.72. The minimum Gasteiger partial charge on any atom is -0.507 e. The number of likely N-dealkylation sites (N-methyl/N-ethyl adjacent to an activating group) is 1. The van der Waals surface area contributed by atoms with Gasteiger partial charge in [0.2, 0.25) is 5.91 Å². The molecule has 0 unspecified atom stereocenters. The number of carbonyl (C=O) groups is 1. The summed E-state index contributed by atoms with van der Waals surface area (Å²) in [5, 5.41) is 18.2. The van der Waals surface area contributed by atoms with Gasteiger partial charge in [-0.1, -0.05) is 0 Å². The van der Waals surface area contributed by atoms with Crippen LogP contribution in [0, 0.1) is 0 Å². The van der Waals surface area contributed by atoms with E-state index in [2.05, 4.69) is 0 Å². The van der Waals surface area contributed by atoms with Crippen molar-refractivity contribution in [3.05, 3.63) is 29.8 Å². The molecule has 0 aliphatic carbocycles. The Balaban J connectivity index is 0.00000289. The molecule has 0 aliphatic heterocycles.